The van der Waals surface area contributed by atoms with Crippen LogP contribution in [0.4, 0.5) is 0 Å². The zero-order valence-electron chi connectivity index (χ0n) is 17.4. The van der Waals surface area contributed by atoms with Gasteiger partial charge in [0.05, 0.1) is 0 Å². The molecule has 0 heterocycles. The van der Waals surface area contributed by atoms with E-state index >= 15 is 0 Å². The highest BCUT2D eigenvalue weighted by atomic mass is 33.1. The van der Waals surface area contributed by atoms with E-state index in [0.717, 1.165) is 12.2 Å². The van der Waals surface area contributed by atoms with E-state index in [0.29, 0.717) is 17.1 Å². The molecule has 0 unspecified atom stereocenters. The molecule has 0 aromatic heterocycles. The standard InChI is InChI=1S/C20H40OS2/c1-15(2)18(6,7)13-20(10,11)23-22-14-17(4,5)12-19(8,9)16(3)21/h15H,12-14H2,1-11H3. The first-order valence-electron chi connectivity index (χ1n) is 8.82. The largest absolute Gasteiger partial charge is 0.299 e. The third kappa shape index (κ3) is 8.86. The molecule has 0 fully saturated rings. The van der Waals surface area contributed by atoms with E-state index < -0.39 is 0 Å². The Balaban J connectivity index is 4.55. The molecule has 3 heteroatoms. The SMILES string of the molecule is CC(=O)C(C)(C)CC(C)(C)CSSC(C)(C)CC(C)(C)C(C)C. The van der Waals surface area contributed by atoms with Crippen molar-refractivity contribution in [2.45, 2.75) is 93.7 Å². The lowest BCUT2D eigenvalue weighted by molar-refractivity contribution is -0.126. The first kappa shape index (κ1) is 23.4. The van der Waals surface area contributed by atoms with Gasteiger partial charge in [-0.1, -0.05) is 77.0 Å². The smallest absolute Gasteiger partial charge is 0.135 e. The van der Waals surface area contributed by atoms with Crippen molar-refractivity contribution in [2.24, 2.45) is 22.2 Å². The van der Waals surface area contributed by atoms with Crippen LogP contribution < -0.4 is 0 Å². The van der Waals surface area contributed by atoms with Crippen LogP contribution in [-0.2, 0) is 4.79 Å². The monoisotopic (exact) mass is 360 g/mol. The second-order valence-electron chi connectivity index (χ2n) is 10.2. The van der Waals surface area contributed by atoms with Crippen molar-refractivity contribution in [1.82, 2.24) is 0 Å². The zero-order valence-corrected chi connectivity index (χ0v) is 19.1. The molecule has 0 spiro atoms. The molecule has 0 amide bonds. The van der Waals surface area contributed by atoms with Crippen molar-refractivity contribution in [3.8, 4) is 0 Å². The Kier molecular flexibility index (Phi) is 8.30. The molecule has 0 saturated carbocycles. The highest BCUT2D eigenvalue weighted by Crippen LogP contribution is 2.48. The van der Waals surface area contributed by atoms with Crippen LogP contribution in [0.25, 0.3) is 0 Å². The zero-order chi connectivity index (χ0) is 18.7. The van der Waals surface area contributed by atoms with Gasteiger partial charge in [-0.2, -0.15) is 0 Å². The van der Waals surface area contributed by atoms with Gasteiger partial charge in [-0.05, 0) is 50.4 Å². The van der Waals surface area contributed by atoms with Gasteiger partial charge in [-0.15, -0.1) is 0 Å². The summed E-state index contributed by atoms with van der Waals surface area (Å²) >= 11 is 0. The lowest BCUT2D eigenvalue weighted by Gasteiger charge is -2.38. The number of hydrogen-bond donors (Lipinski definition) is 0. The first-order chi connectivity index (χ1) is 10.0. The molecule has 0 aliphatic heterocycles. The number of ketones is 1. The second-order valence-corrected chi connectivity index (χ2v) is 13.2. The molecule has 0 atom stereocenters. The van der Waals surface area contributed by atoms with E-state index in [-0.39, 0.29) is 15.6 Å². The van der Waals surface area contributed by atoms with Gasteiger partial charge in [0.15, 0.2) is 0 Å². The van der Waals surface area contributed by atoms with E-state index in [1.54, 1.807) is 6.92 Å². The van der Waals surface area contributed by atoms with Crippen molar-refractivity contribution < 1.29 is 4.79 Å². The van der Waals surface area contributed by atoms with Crippen LogP contribution in [0.5, 0.6) is 0 Å². The molecule has 0 N–H and O–H groups in total. The Morgan fingerprint density at radius 3 is 1.78 bits per heavy atom. The van der Waals surface area contributed by atoms with Gasteiger partial charge in [-0.25, -0.2) is 0 Å². The van der Waals surface area contributed by atoms with E-state index in [4.69, 9.17) is 0 Å². The summed E-state index contributed by atoms with van der Waals surface area (Å²) < 4.78 is 0.268. The first-order valence-corrected chi connectivity index (χ1v) is 11.1. The van der Waals surface area contributed by atoms with Crippen LogP contribution in [0, 0.1) is 22.2 Å². The topological polar surface area (TPSA) is 17.1 Å². The van der Waals surface area contributed by atoms with Gasteiger partial charge < -0.3 is 0 Å². The summed E-state index contributed by atoms with van der Waals surface area (Å²) in [4.78, 5) is 11.8. The molecule has 1 nitrogen and oxygen atoms in total. The molecule has 0 aliphatic rings. The summed E-state index contributed by atoms with van der Waals surface area (Å²) in [6.07, 6.45) is 2.16. The van der Waals surface area contributed by atoms with Crippen LogP contribution in [0.15, 0.2) is 0 Å². The predicted octanol–water partition coefficient (Wildman–Crippen LogP) is 7.25. The number of hydrogen-bond acceptors (Lipinski definition) is 3. The molecule has 0 rings (SSSR count). The van der Waals surface area contributed by atoms with Gasteiger partial charge in [0.1, 0.15) is 5.78 Å². The second kappa shape index (κ2) is 8.17. The van der Waals surface area contributed by atoms with E-state index in [1.165, 1.54) is 6.42 Å². The lowest BCUT2D eigenvalue weighted by Crippen LogP contribution is -2.31. The summed E-state index contributed by atoms with van der Waals surface area (Å²) in [6, 6.07) is 0. The van der Waals surface area contributed by atoms with Crippen LogP contribution >= 0.6 is 21.6 Å². The maximum Gasteiger partial charge on any atom is 0.135 e. The number of carbonyl (C=O) groups excluding carboxylic acids is 1. The number of carbonyl (C=O) groups is 1. The third-order valence-electron chi connectivity index (χ3n) is 5.05. The summed E-state index contributed by atoms with van der Waals surface area (Å²) in [5, 5.41) is 0. The summed E-state index contributed by atoms with van der Waals surface area (Å²) in [5.74, 6) is 2.07. The maximum atomic E-state index is 11.8. The van der Waals surface area contributed by atoms with Crippen molar-refractivity contribution >= 4 is 27.4 Å². The van der Waals surface area contributed by atoms with E-state index in [2.05, 4.69) is 69.2 Å². The Morgan fingerprint density at radius 1 is 0.913 bits per heavy atom. The van der Waals surface area contributed by atoms with E-state index in [1.807, 2.05) is 21.6 Å². The molecule has 23 heavy (non-hydrogen) atoms. The van der Waals surface area contributed by atoms with Crippen molar-refractivity contribution in [3.63, 3.8) is 0 Å². The third-order valence-corrected chi connectivity index (χ3v) is 8.73. The Hall–Kier alpha value is 0.370. The summed E-state index contributed by atoms with van der Waals surface area (Å²) in [7, 11) is 3.99. The molecule has 138 valence electrons. The van der Waals surface area contributed by atoms with E-state index in [9.17, 15) is 4.79 Å². The molecule has 0 saturated heterocycles. The average Bonchev–Trinajstić information content (AvgIpc) is 2.24. The highest BCUT2D eigenvalue weighted by molar-refractivity contribution is 8.77. The van der Waals surface area contributed by atoms with Gasteiger partial charge in [0.25, 0.3) is 0 Å². The molecule has 0 aliphatic carbocycles. The van der Waals surface area contributed by atoms with Crippen molar-refractivity contribution in [3.05, 3.63) is 0 Å². The maximum absolute atomic E-state index is 11.8. The minimum Gasteiger partial charge on any atom is -0.299 e. The Morgan fingerprint density at radius 2 is 1.39 bits per heavy atom. The molecular weight excluding hydrogens is 320 g/mol. The Labute approximate surface area is 153 Å². The molecular formula is C20H40OS2. The normalized spacial score (nSPS) is 14.4. The highest BCUT2D eigenvalue weighted by Gasteiger charge is 2.34. The average molecular weight is 361 g/mol. The van der Waals surface area contributed by atoms with Gasteiger partial charge in [0, 0.05) is 15.9 Å². The fraction of sp³-hybridized carbons (Fsp3) is 0.950. The van der Waals surface area contributed by atoms with Gasteiger partial charge in [-0.3, -0.25) is 4.79 Å². The van der Waals surface area contributed by atoms with Crippen LogP contribution in [0.3, 0.4) is 0 Å². The van der Waals surface area contributed by atoms with Crippen LogP contribution in [0.1, 0.15) is 89.0 Å². The van der Waals surface area contributed by atoms with Gasteiger partial charge in [0.2, 0.25) is 0 Å². The van der Waals surface area contributed by atoms with Crippen LogP contribution in [-0.4, -0.2) is 16.3 Å². The molecule has 0 bridgehead atoms. The minimum atomic E-state index is -0.218. The van der Waals surface area contributed by atoms with Crippen LogP contribution in [0.2, 0.25) is 0 Å². The minimum absolute atomic E-state index is 0.177. The Bertz CT molecular complexity index is 392. The summed E-state index contributed by atoms with van der Waals surface area (Å²) in [5.41, 5.74) is 0.323. The number of rotatable bonds is 10. The fourth-order valence-electron chi connectivity index (χ4n) is 3.05. The fourth-order valence-corrected chi connectivity index (χ4v) is 6.55. The lowest BCUT2D eigenvalue weighted by atomic mass is 9.74. The predicted molar refractivity (Wildman–Crippen MR) is 110 cm³/mol. The number of Topliss-reactive ketones (excluding diaryl/α,β-unsaturated/α-hetero) is 1. The molecule has 0 radical (unpaired) electrons. The quantitative estimate of drug-likeness (QED) is 0.382. The van der Waals surface area contributed by atoms with Gasteiger partial charge >= 0.3 is 0 Å². The summed E-state index contributed by atoms with van der Waals surface area (Å²) in [6.45, 7) is 24.6. The molecule has 0 aromatic rings. The van der Waals surface area contributed by atoms with Crippen molar-refractivity contribution in [2.75, 3.05) is 5.75 Å². The molecule has 0 aromatic carbocycles. The van der Waals surface area contributed by atoms with Crippen molar-refractivity contribution in [1.29, 1.82) is 0 Å².